The van der Waals surface area contributed by atoms with Crippen LogP contribution in [0.1, 0.15) is 47.6 Å². The van der Waals surface area contributed by atoms with E-state index in [4.69, 9.17) is 5.73 Å². The fraction of sp³-hybridized carbons (Fsp3) is 0.333. The third-order valence-corrected chi connectivity index (χ3v) is 7.89. The molecule has 4 N–H and O–H groups in total. The molecule has 0 saturated heterocycles. The monoisotopic (exact) mass is 468 g/mol. The summed E-state index contributed by atoms with van der Waals surface area (Å²) in [5.41, 5.74) is 10.4. The van der Waals surface area contributed by atoms with Gasteiger partial charge >= 0.3 is 0 Å². The van der Waals surface area contributed by atoms with Crippen LogP contribution in [-0.4, -0.2) is 30.6 Å². The number of fused-ring (bicyclic) bond motifs is 1. The van der Waals surface area contributed by atoms with Crippen LogP contribution in [0.4, 0.5) is 0 Å². The molecule has 2 aromatic rings. The molecule has 0 bridgehead atoms. The predicted octanol–water partition coefficient (Wildman–Crippen LogP) is 2.00. The maximum absolute atomic E-state index is 13.1. The first-order valence-corrected chi connectivity index (χ1v) is 12.4. The molecule has 2 aromatic carbocycles. The number of aryl methyl sites for hydroxylation is 2. The summed E-state index contributed by atoms with van der Waals surface area (Å²) in [7, 11) is -4.00. The van der Waals surface area contributed by atoms with E-state index in [0.29, 0.717) is 0 Å². The zero-order valence-corrected chi connectivity index (χ0v) is 19.3. The fourth-order valence-electron chi connectivity index (χ4n) is 4.23. The Morgan fingerprint density at radius 1 is 1.21 bits per heavy atom. The lowest BCUT2D eigenvalue weighted by Crippen LogP contribution is -2.51. The van der Waals surface area contributed by atoms with Crippen LogP contribution in [0, 0.1) is 6.92 Å². The van der Waals surface area contributed by atoms with Gasteiger partial charge in [0.15, 0.2) is 0 Å². The molecule has 0 radical (unpaired) electrons. The number of nitrogens with zero attached hydrogens (tertiary/aromatic N) is 1. The van der Waals surface area contributed by atoms with Crippen LogP contribution in [0.2, 0.25) is 0 Å². The third kappa shape index (κ3) is 4.94. The highest BCUT2D eigenvalue weighted by Crippen LogP contribution is 2.28. The van der Waals surface area contributed by atoms with Gasteiger partial charge < -0.3 is 16.4 Å². The van der Waals surface area contributed by atoms with Crippen LogP contribution in [0.3, 0.4) is 0 Å². The second kappa shape index (κ2) is 9.36. The number of carbonyl (C=O) groups is 2. The minimum absolute atomic E-state index is 0.0525. The molecule has 0 aromatic heterocycles. The normalized spacial score (nSPS) is 20.2. The van der Waals surface area contributed by atoms with Crippen LogP contribution in [-0.2, 0) is 32.6 Å². The van der Waals surface area contributed by atoms with E-state index in [1.807, 2.05) is 19.1 Å². The Labute approximate surface area is 193 Å². The lowest BCUT2D eigenvalue weighted by Gasteiger charge is -2.31. The average molecular weight is 469 g/mol. The van der Waals surface area contributed by atoms with Crippen LogP contribution >= 0.6 is 0 Å². The van der Waals surface area contributed by atoms with E-state index in [1.165, 1.54) is 30.1 Å². The van der Waals surface area contributed by atoms with Gasteiger partial charge in [0.05, 0.1) is 11.3 Å². The summed E-state index contributed by atoms with van der Waals surface area (Å²) in [6, 6.07) is 11.2. The Balaban J connectivity index is 1.45. The first-order valence-electron chi connectivity index (χ1n) is 11.0. The third-order valence-electron chi connectivity index (χ3n) is 6.09. The Morgan fingerprint density at radius 2 is 1.97 bits per heavy atom. The average Bonchev–Trinajstić information content (AvgIpc) is 2.79. The van der Waals surface area contributed by atoms with Gasteiger partial charge in [-0.25, -0.2) is 8.42 Å². The van der Waals surface area contributed by atoms with E-state index < -0.39 is 27.9 Å². The van der Waals surface area contributed by atoms with Crippen molar-refractivity contribution >= 4 is 21.8 Å². The van der Waals surface area contributed by atoms with E-state index >= 15 is 0 Å². The highest BCUT2D eigenvalue weighted by Gasteiger charge is 2.36. The molecule has 1 aliphatic carbocycles. The van der Waals surface area contributed by atoms with Crippen LogP contribution < -0.4 is 16.4 Å². The fourth-order valence-corrected chi connectivity index (χ4v) is 5.68. The number of carbonyl (C=O) groups excluding carboxylic acids is 2. The van der Waals surface area contributed by atoms with E-state index in [2.05, 4.69) is 16.7 Å². The second-order valence-electron chi connectivity index (χ2n) is 8.50. The van der Waals surface area contributed by atoms with E-state index in [9.17, 15) is 18.0 Å². The maximum Gasteiger partial charge on any atom is 0.264 e. The summed E-state index contributed by atoms with van der Waals surface area (Å²) in [4.78, 5) is 25.2. The minimum Gasteiger partial charge on any atom is -0.352 e. The lowest BCUT2D eigenvalue weighted by molar-refractivity contribution is -0.129. The molecule has 9 heteroatoms. The minimum atomic E-state index is -4.00. The predicted molar refractivity (Wildman–Crippen MR) is 124 cm³/mol. The summed E-state index contributed by atoms with van der Waals surface area (Å²) in [5, 5.41) is 5.30. The summed E-state index contributed by atoms with van der Waals surface area (Å²) in [5.74, 6) is -0.963. The van der Waals surface area contributed by atoms with E-state index in [0.717, 1.165) is 40.3 Å². The summed E-state index contributed by atoms with van der Waals surface area (Å²) < 4.78 is 27.2. The molecule has 0 spiro atoms. The number of benzene rings is 2. The molecular weight excluding hydrogens is 440 g/mol. The number of nitrogens with two attached hydrogens (primary N) is 1. The topological polar surface area (TPSA) is 122 Å². The van der Waals surface area contributed by atoms with Gasteiger partial charge in [0.2, 0.25) is 11.8 Å². The van der Waals surface area contributed by atoms with Gasteiger partial charge in [0.1, 0.15) is 6.04 Å². The highest BCUT2D eigenvalue weighted by molar-refractivity contribution is 7.89. The lowest BCUT2D eigenvalue weighted by atomic mass is 9.87. The molecule has 2 aliphatic rings. The van der Waals surface area contributed by atoms with Crippen molar-refractivity contribution in [1.82, 2.24) is 14.9 Å². The zero-order valence-electron chi connectivity index (χ0n) is 18.5. The summed E-state index contributed by atoms with van der Waals surface area (Å²) in [6.45, 7) is 2.14. The Morgan fingerprint density at radius 3 is 2.73 bits per heavy atom. The summed E-state index contributed by atoms with van der Waals surface area (Å²) >= 11 is 0. The van der Waals surface area contributed by atoms with Gasteiger partial charge in [0.25, 0.3) is 10.0 Å². The number of rotatable bonds is 6. The molecule has 1 aliphatic heterocycles. The first kappa shape index (κ1) is 23.0. The van der Waals surface area contributed by atoms with Crippen LogP contribution in [0.5, 0.6) is 0 Å². The number of nitrogens with one attached hydrogen (secondary N) is 2. The van der Waals surface area contributed by atoms with Crippen molar-refractivity contribution in [2.75, 3.05) is 0 Å². The van der Waals surface area contributed by atoms with Gasteiger partial charge in [-0.3, -0.25) is 13.9 Å². The Kier molecular flexibility index (Phi) is 6.53. The Hall–Kier alpha value is -3.17. The van der Waals surface area contributed by atoms with Gasteiger partial charge in [-0.2, -0.15) is 0 Å². The number of hydrogen-bond acceptors (Lipinski definition) is 5. The molecule has 174 valence electrons. The molecule has 2 amide bonds. The van der Waals surface area contributed by atoms with Crippen molar-refractivity contribution in [3.8, 4) is 0 Å². The first-order chi connectivity index (χ1) is 15.8. The molecule has 1 heterocycles. The maximum atomic E-state index is 13.1. The molecule has 8 nitrogen and oxygen atoms in total. The van der Waals surface area contributed by atoms with Crippen molar-refractivity contribution in [3.05, 3.63) is 77.1 Å². The molecule has 33 heavy (non-hydrogen) atoms. The smallest absolute Gasteiger partial charge is 0.264 e. The largest absolute Gasteiger partial charge is 0.352 e. The van der Waals surface area contributed by atoms with Crippen molar-refractivity contribution in [2.24, 2.45) is 5.73 Å². The van der Waals surface area contributed by atoms with Crippen LogP contribution in [0.15, 0.2) is 59.8 Å². The zero-order chi connectivity index (χ0) is 23.6. The van der Waals surface area contributed by atoms with Crippen molar-refractivity contribution in [1.29, 1.82) is 0 Å². The quantitative estimate of drug-likeness (QED) is 0.599. The van der Waals surface area contributed by atoms with E-state index in [-0.39, 0.29) is 23.9 Å². The van der Waals surface area contributed by atoms with Crippen LogP contribution in [0.25, 0.3) is 0 Å². The SMILES string of the molecule is Cc1ccc(S(=O)(=O)N2C=CNC(=O)[C@H]2CC(=O)NCc2ccc3c(c2)CCC[C@H]3N)cc1. The van der Waals surface area contributed by atoms with Crippen molar-refractivity contribution in [3.63, 3.8) is 0 Å². The number of sulfonamides is 1. The van der Waals surface area contributed by atoms with E-state index in [1.54, 1.807) is 12.1 Å². The number of amides is 2. The molecule has 0 unspecified atom stereocenters. The van der Waals surface area contributed by atoms with Gasteiger partial charge in [-0.15, -0.1) is 0 Å². The second-order valence-corrected chi connectivity index (χ2v) is 10.3. The molecule has 4 rings (SSSR count). The molecule has 0 saturated carbocycles. The van der Waals surface area contributed by atoms with Crippen molar-refractivity contribution < 1.29 is 18.0 Å². The van der Waals surface area contributed by atoms with Crippen molar-refractivity contribution in [2.45, 2.75) is 56.1 Å². The number of hydrogen-bond donors (Lipinski definition) is 3. The standard InChI is InChI=1S/C24H28N4O4S/c1-16-5-8-19(9-6-16)33(31,32)28-12-11-26-24(30)22(28)14-23(29)27-15-17-7-10-20-18(13-17)3-2-4-21(20)25/h5-13,21-22H,2-4,14-15,25H2,1H3,(H,26,30)(H,27,29)/t21-,22-/m1/s1. The summed E-state index contributed by atoms with van der Waals surface area (Å²) in [6.07, 6.45) is 5.23. The highest BCUT2D eigenvalue weighted by atomic mass is 32.2. The Bertz CT molecular complexity index is 1190. The molecular formula is C24H28N4O4S. The molecule has 2 atom stereocenters. The van der Waals surface area contributed by atoms with Gasteiger partial charge in [0, 0.05) is 25.0 Å². The van der Waals surface area contributed by atoms with Gasteiger partial charge in [-0.05, 0) is 55.0 Å². The molecule has 0 fully saturated rings. The van der Waals surface area contributed by atoms with Gasteiger partial charge in [-0.1, -0.05) is 35.9 Å².